The number of piperidine rings is 1. The molecule has 8 nitrogen and oxygen atoms in total. The largest absolute Gasteiger partial charge is 0.465 e. The molecule has 0 bridgehead atoms. The van der Waals surface area contributed by atoms with Crippen molar-refractivity contribution in [3.63, 3.8) is 0 Å². The van der Waals surface area contributed by atoms with Gasteiger partial charge in [0.05, 0.1) is 12.7 Å². The Morgan fingerprint density at radius 2 is 1.84 bits per heavy atom. The zero-order valence-electron chi connectivity index (χ0n) is 19.0. The summed E-state index contributed by atoms with van der Waals surface area (Å²) in [6, 6.07) is 11.3. The molecule has 0 saturated carbocycles. The van der Waals surface area contributed by atoms with Crippen LogP contribution in [0.3, 0.4) is 0 Å². The molecular formula is C24H32N6O2. The van der Waals surface area contributed by atoms with Gasteiger partial charge in [-0.05, 0) is 67.6 Å². The van der Waals surface area contributed by atoms with Crippen LogP contribution in [-0.2, 0) is 11.3 Å². The summed E-state index contributed by atoms with van der Waals surface area (Å²) in [5.41, 5.74) is 8.84. The van der Waals surface area contributed by atoms with Crippen molar-refractivity contribution in [2.75, 3.05) is 37.0 Å². The minimum atomic E-state index is -0.357. The first-order chi connectivity index (χ1) is 15.5. The lowest BCUT2D eigenvalue weighted by molar-refractivity contribution is 0.0601. The van der Waals surface area contributed by atoms with Crippen molar-refractivity contribution in [3.8, 4) is 0 Å². The lowest BCUT2D eigenvalue weighted by Crippen LogP contribution is -2.39. The summed E-state index contributed by atoms with van der Waals surface area (Å²) in [5, 5.41) is 3.37. The van der Waals surface area contributed by atoms with Gasteiger partial charge in [-0.15, -0.1) is 0 Å². The summed E-state index contributed by atoms with van der Waals surface area (Å²) in [5.74, 6) is 2.67. The Bertz CT molecular complexity index is 1070. The molecule has 8 heteroatoms. The van der Waals surface area contributed by atoms with Gasteiger partial charge in [0.15, 0.2) is 5.65 Å². The van der Waals surface area contributed by atoms with Gasteiger partial charge in [0, 0.05) is 25.3 Å². The van der Waals surface area contributed by atoms with Crippen molar-refractivity contribution in [3.05, 3.63) is 42.0 Å². The summed E-state index contributed by atoms with van der Waals surface area (Å²) < 4.78 is 6.87. The molecule has 0 aliphatic carbocycles. The Morgan fingerprint density at radius 1 is 1.12 bits per heavy atom. The maximum Gasteiger partial charge on any atom is 0.337 e. The molecule has 170 valence electrons. The first-order valence-corrected chi connectivity index (χ1v) is 11.3. The summed E-state index contributed by atoms with van der Waals surface area (Å²) >= 11 is 0. The predicted molar refractivity (Wildman–Crippen MR) is 127 cm³/mol. The quantitative estimate of drug-likeness (QED) is 0.544. The molecule has 1 aromatic carbocycles. The smallest absolute Gasteiger partial charge is 0.337 e. The first kappa shape index (κ1) is 22.1. The number of anilines is 3. The number of aromatic nitrogens is 3. The maximum atomic E-state index is 11.7. The van der Waals surface area contributed by atoms with Gasteiger partial charge in [-0.3, -0.25) is 4.57 Å². The molecule has 4 rings (SSSR count). The molecule has 2 unspecified atom stereocenters. The number of methoxy groups -OCH3 is 1. The number of imidazole rings is 1. The molecule has 3 heterocycles. The van der Waals surface area contributed by atoms with Gasteiger partial charge in [0.2, 0.25) is 5.95 Å². The van der Waals surface area contributed by atoms with Crippen molar-refractivity contribution in [1.82, 2.24) is 14.5 Å². The maximum absolute atomic E-state index is 11.7. The van der Waals surface area contributed by atoms with E-state index in [1.807, 2.05) is 18.2 Å². The van der Waals surface area contributed by atoms with Crippen LogP contribution in [0.4, 0.5) is 17.5 Å². The van der Waals surface area contributed by atoms with Crippen LogP contribution in [0.1, 0.15) is 37.0 Å². The highest BCUT2D eigenvalue weighted by Crippen LogP contribution is 2.28. The SMILES string of the molecule is COC(=O)c1ccc(Nc2nc3ccc(N4CC(C)CC(C)C4)nc3n2CCCN)cc1. The van der Waals surface area contributed by atoms with Gasteiger partial charge >= 0.3 is 5.97 Å². The molecule has 0 spiro atoms. The van der Waals surface area contributed by atoms with Crippen molar-refractivity contribution in [2.45, 2.75) is 33.2 Å². The number of ether oxygens (including phenoxy) is 1. The molecule has 2 aromatic heterocycles. The molecule has 0 amide bonds. The van der Waals surface area contributed by atoms with Gasteiger partial charge in [-0.1, -0.05) is 13.8 Å². The molecule has 1 fully saturated rings. The number of hydrogen-bond acceptors (Lipinski definition) is 7. The van der Waals surface area contributed by atoms with Crippen LogP contribution in [0.2, 0.25) is 0 Å². The molecule has 1 saturated heterocycles. The summed E-state index contributed by atoms with van der Waals surface area (Å²) in [6.07, 6.45) is 2.08. The zero-order chi connectivity index (χ0) is 22.7. The van der Waals surface area contributed by atoms with Crippen molar-refractivity contribution in [2.24, 2.45) is 17.6 Å². The van der Waals surface area contributed by atoms with Crippen LogP contribution in [-0.4, -0.2) is 47.2 Å². The number of nitrogens with zero attached hydrogens (tertiary/aromatic N) is 4. The fourth-order valence-electron chi connectivity index (χ4n) is 4.51. The van der Waals surface area contributed by atoms with Crippen molar-refractivity contribution >= 4 is 34.6 Å². The van der Waals surface area contributed by atoms with E-state index in [0.717, 1.165) is 48.7 Å². The average Bonchev–Trinajstić information content (AvgIpc) is 3.13. The molecular weight excluding hydrogens is 404 g/mol. The Morgan fingerprint density at radius 3 is 2.50 bits per heavy atom. The monoisotopic (exact) mass is 436 g/mol. The second-order valence-electron chi connectivity index (χ2n) is 8.79. The summed E-state index contributed by atoms with van der Waals surface area (Å²) in [7, 11) is 1.38. The van der Waals surface area contributed by atoms with Crippen LogP contribution in [0, 0.1) is 11.8 Å². The van der Waals surface area contributed by atoms with Crippen LogP contribution in [0.25, 0.3) is 11.2 Å². The van der Waals surface area contributed by atoms with Crippen LogP contribution < -0.4 is 16.0 Å². The van der Waals surface area contributed by atoms with Gasteiger partial charge in [-0.2, -0.15) is 0 Å². The Labute approximate surface area is 188 Å². The standard InChI is InChI=1S/C24H32N6O2/c1-16-13-17(2)15-29(14-16)21-10-9-20-22(28-21)30(12-4-11-25)24(27-20)26-19-7-5-18(6-8-19)23(31)32-3/h5-10,16-17H,4,11-15,25H2,1-3H3,(H,26,27). The number of nitrogens with two attached hydrogens (primary N) is 1. The summed E-state index contributed by atoms with van der Waals surface area (Å²) in [4.78, 5) is 23.9. The molecule has 2 atom stereocenters. The third-order valence-corrected chi connectivity index (χ3v) is 5.92. The van der Waals surface area contributed by atoms with E-state index in [9.17, 15) is 4.79 Å². The topological polar surface area (TPSA) is 98.3 Å². The van der Waals surface area contributed by atoms with Crippen LogP contribution in [0.5, 0.6) is 0 Å². The Balaban J connectivity index is 1.65. The fourth-order valence-corrected chi connectivity index (χ4v) is 4.51. The molecule has 0 radical (unpaired) electrons. The van der Waals surface area contributed by atoms with E-state index in [1.54, 1.807) is 12.1 Å². The third kappa shape index (κ3) is 4.70. The molecule has 3 N–H and O–H groups in total. The second kappa shape index (κ2) is 9.56. The average molecular weight is 437 g/mol. The van der Waals surface area contributed by atoms with E-state index in [0.29, 0.717) is 29.9 Å². The normalized spacial score (nSPS) is 18.7. The number of pyridine rings is 1. The van der Waals surface area contributed by atoms with E-state index in [2.05, 4.69) is 34.7 Å². The van der Waals surface area contributed by atoms with Crippen molar-refractivity contribution < 1.29 is 9.53 Å². The van der Waals surface area contributed by atoms with Gasteiger partial charge in [-0.25, -0.2) is 14.8 Å². The zero-order valence-corrected chi connectivity index (χ0v) is 19.0. The number of hydrogen-bond donors (Lipinski definition) is 2. The van der Waals surface area contributed by atoms with Crippen molar-refractivity contribution in [1.29, 1.82) is 0 Å². The van der Waals surface area contributed by atoms with E-state index >= 15 is 0 Å². The number of aryl methyl sites for hydroxylation is 1. The Hall–Kier alpha value is -3.13. The van der Waals surface area contributed by atoms with Gasteiger partial charge < -0.3 is 20.7 Å². The minimum Gasteiger partial charge on any atom is -0.465 e. The highest BCUT2D eigenvalue weighted by atomic mass is 16.5. The lowest BCUT2D eigenvalue weighted by atomic mass is 9.92. The van der Waals surface area contributed by atoms with Gasteiger partial charge in [0.1, 0.15) is 11.3 Å². The molecule has 3 aromatic rings. The van der Waals surface area contributed by atoms with E-state index in [-0.39, 0.29) is 5.97 Å². The summed E-state index contributed by atoms with van der Waals surface area (Å²) in [6.45, 7) is 7.97. The van der Waals surface area contributed by atoms with E-state index < -0.39 is 0 Å². The lowest BCUT2D eigenvalue weighted by Gasteiger charge is -2.35. The molecule has 1 aliphatic rings. The minimum absolute atomic E-state index is 0.357. The van der Waals surface area contributed by atoms with Crippen LogP contribution in [0.15, 0.2) is 36.4 Å². The second-order valence-corrected chi connectivity index (χ2v) is 8.79. The predicted octanol–water partition coefficient (Wildman–Crippen LogP) is 3.79. The number of fused-ring (bicyclic) bond motifs is 1. The van der Waals surface area contributed by atoms with E-state index in [1.165, 1.54) is 13.5 Å². The van der Waals surface area contributed by atoms with Crippen LogP contribution >= 0.6 is 0 Å². The number of rotatable bonds is 7. The number of benzene rings is 1. The highest BCUT2D eigenvalue weighted by molar-refractivity contribution is 5.89. The first-order valence-electron chi connectivity index (χ1n) is 11.3. The molecule has 1 aliphatic heterocycles. The Kier molecular flexibility index (Phi) is 6.60. The number of carbonyl (C=O) groups is 1. The fraction of sp³-hybridized carbons (Fsp3) is 0.458. The third-order valence-electron chi connectivity index (χ3n) is 5.92. The number of carbonyl (C=O) groups excluding carboxylic acids is 1. The molecule has 32 heavy (non-hydrogen) atoms. The number of esters is 1. The van der Waals surface area contributed by atoms with E-state index in [4.69, 9.17) is 20.4 Å². The number of nitrogens with one attached hydrogen (secondary N) is 1. The highest BCUT2D eigenvalue weighted by Gasteiger charge is 2.23. The van der Waals surface area contributed by atoms with Gasteiger partial charge in [0.25, 0.3) is 0 Å².